The van der Waals surface area contributed by atoms with Gasteiger partial charge < -0.3 is 9.47 Å². The van der Waals surface area contributed by atoms with E-state index in [1.165, 1.54) is 11.7 Å². The lowest BCUT2D eigenvalue weighted by Crippen LogP contribution is -2.26. The second-order valence-electron chi connectivity index (χ2n) is 5.69. The number of carbonyl (C=O) groups is 1. The maximum absolute atomic E-state index is 12.3. The van der Waals surface area contributed by atoms with Crippen molar-refractivity contribution in [2.75, 3.05) is 7.11 Å². The summed E-state index contributed by atoms with van der Waals surface area (Å²) in [5, 5.41) is 9.21. The van der Waals surface area contributed by atoms with Crippen molar-refractivity contribution in [2.45, 2.75) is 32.8 Å². The molecule has 116 valence electrons. The number of carbonyl (C=O) groups excluding carboxylic acids is 1. The minimum Gasteiger partial charge on any atom is -0.480 e. The van der Waals surface area contributed by atoms with Gasteiger partial charge in [-0.25, -0.2) is 9.78 Å². The van der Waals surface area contributed by atoms with Gasteiger partial charge in [0.05, 0.1) is 30.6 Å². The van der Waals surface area contributed by atoms with E-state index in [2.05, 4.69) is 4.98 Å². The molecule has 2 heterocycles. The molecular weight excluding hydrogens is 306 g/mol. The van der Waals surface area contributed by atoms with Gasteiger partial charge in [-0.15, -0.1) is 0 Å². The van der Waals surface area contributed by atoms with Gasteiger partial charge in [-0.05, 0) is 26.8 Å². The Morgan fingerprint density at radius 1 is 1.50 bits per heavy atom. The molecule has 0 saturated heterocycles. The average Bonchev–Trinajstić information content (AvgIpc) is 2.74. The van der Waals surface area contributed by atoms with Gasteiger partial charge in [-0.3, -0.25) is 4.57 Å². The van der Waals surface area contributed by atoms with E-state index >= 15 is 0 Å². The standard InChI is InChI=1S/C15H16ClN3O3/c1-15(2,3)22-14(20)19-8-9(5-6-17)12-11(19)7-10(16)13(18-12)21-4/h7-8H,5H2,1-4H3. The second-order valence-corrected chi connectivity index (χ2v) is 6.09. The quantitative estimate of drug-likeness (QED) is 0.845. The summed E-state index contributed by atoms with van der Waals surface area (Å²) in [5.41, 5.74) is 0.949. The highest BCUT2D eigenvalue weighted by Crippen LogP contribution is 2.30. The normalized spacial score (nSPS) is 11.3. The van der Waals surface area contributed by atoms with Crippen molar-refractivity contribution in [3.8, 4) is 11.9 Å². The molecule has 0 N–H and O–H groups in total. The summed E-state index contributed by atoms with van der Waals surface area (Å²) in [5.74, 6) is 0.246. The summed E-state index contributed by atoms with van der Waals surface area (Å²) in [6, 6.07) is 3.63. The van der Waals surface area contributed by atoms with E-state index in [0.29, 0.717) is 16.6 Å². The monoisotopic (exact) mass is 321 g/mol. The summed E-state index contributed by atoms with van der Waals surface area (Å²) in [7, 11) is 1.45. The number of halogens is 1. The lowest BCUT2D eigenvalue weighted by atomic mass is 10.2. The number of hydrogen-bond donors (Lipinski definition) is 0. The van der Waals surface area contributed by atoms with Gasteiger partial charge in [0.15, 0.2) is 0 Å². The second kappa shape index (κ2) is 5.85. The van der Waals surface area contributed by atoms with Gasteiger partial charge >= 0.3 is 6.09 Å². The smallest absolute Gasteiger partial charge is 0.419 e. The molecule has 0 aliphatic carbocycles. The number of aromatic nitrogens is 2. The van der Waals surface area contributed by atoms with Gasteiger partial charge in [-0.2, -0.15) is 5.26 Å². The molecule has 0 aromatic carbocycles. The van der Waals surface area contributed by atoms with Crippen LogP contribution < -0.4 is 4.74 Å². The maximum atomic E-state index is 12.3. The third kappa shape index (κ3) is 3.15. The third-order valence-electron chi connectivity index (χ3n) is 2.83. The van der Waals surface area contributed by atoms with Gasteiger partial charge in [-0.1, -0.05) is 11.6 Å². The molecule has 6 nitrogen and oxygen atoms in total. The molecule has 2 aromatic rings. The van der Waals surface area contributed by atoms with Crippen LogP contribution in [-0.4, -0.2) is 28.4 Å². The Bertz CT molecular complexity index is 769. The van der Waals surface area contributed by atoms with Crippen LogP contribution in [0.1, 0.15) is 26.3 Å². The van der Waals surface area contributed by atoms with E-state index < -0.39 is 11.7 Å². The molecule has 7 heteroatoms. The van der Waals surface area contributed by atoms with E-state index in [1.807, 2.05) is 6.07 Å². The summed E-state index contributed by atoms with van der Waals surface area (Å²) >= 11 is 6.08. The van der Waals surface area contributed by atoms with Crippen LogP contribution in [0.3, 0.4) is 0 Å². The van der Waals surface area contributed by atoms with Crippen molar-refractivity contribution in [1.29, 1.82) is 5.26 Å². The topological polar surface area (TPSA) is 77.1 Å². The Morgan fingerprint density at radius 2 is 2.18 bits per heavy atom. The molecule has 0 spiro atoms. The zero-order chi connectivity index (χ0) is 16.5. The molecule has 0 atom stereocenters. The molecule has 0 unspecified atom stereocenters. The number of hydrogen-bond acceptors (Lipinski definition) is 5. The van der Waals surface area contributed by atoms with Gasteiger partial charge in [0.25, 0.3) is 0 Å². The Morgan fingerprint density at radius 3 is 2.73 bits per heavy atom. The zero-order valence-corrected chi connectivity index (χ0v) is 13.6. The lowest BCUT2D eigenvalue weighted by Gasteiger charge is -2.19. The van der Waals surface area contributed by atoms with Crippen LogP contribution >= 0.6 is 11.6 Å². The predicted molar refractivity (Wildman–Crippen MR) is 82.2 cm³/mol. The van der Waals surface area contributed by atoms with E-state index in [-0.39, 0.29) is 17.3 Å². The SMILES string of the molecule is COc1nc2c(CC#N)cn(C(=O)OC(C)(C)C)c2cc1Cl. The Balaban J connectivity index is 2.62. The molecule has 2 aromatic heterocycles. The Kier molecular flexibility index (Phi) is 4.29. The highest BCUT2D eigenvalue weighted by atomic mass is 35.5. The van der Waals surface area contributed by atoms with Crippen LogP contribution in [0.4, 0.5) is 4.79 Å². The minimum absolute atomic E-state index is 0.115. The van der Waals surface area contributed by atoms with Crippen LogP contribution in [0.2, 0.25) is 5.02 Å². The Labute approximate surface area is 133 Å². The van der Waals surface area contributed by atoms with Crippen LogP contribution in [-0.2, 0) is 11.2 Å². The van der Waals surface area contributed by atoms with Gasteiger partial charge in [0.2, 0.25) is 5.88 Å². The fourth-order valence-electron chi connectivity index (χ4n) is 1.99. The van der Waals surface area contributed by atoms with Crippen molar-refractivity contribution in [3.63, 3.8) is 0 Å². The fourth-order valence-corrected chi connectivity index (χ4v) is 2.21. The first kappa shape index (κ1) is 16.1. The molecule has 22 heavy (non-hydrogen) atoms. The molecule has 2 rings (SSSR count). The summed E-state index contributed by atoms with van der Waals surface area (Å²) in [6.45, 7) is 5.34. The molecule has 0 radical (unpaired) electrons. The highest BCUT2D eigenvalue weighted by Gasteiger charge is 2.22. The van der Waals surface area contributed by atoms with Gasteiger partial charge in [0.1, 0.15) is 10.6 Å². The van der Waals surface area contributed by atoms with E-state index in [4.69, 9.17) is 26.3 Å². The minimum atomic E-state index is -0.632. The first-order chi connectivity index (χ1) is 10.3. The predicted octanol–water partition coefficient (Wildman–Crippen LogP) is 3.55. The van der Waals surface area contributed by atoms with Gasteiger partial charge in [0, 0.05) is 11.8 Å². The van der Waals surface area contributed by atoms with Crippen LogP contribution in [0.15, 0.2) is 12.3 Å². The van der Waals surface area contributed by atoms with E-state index in [1.54, 1.807) is 33.0 Å². The van der Waals surface area contributed by atoms with Crippen LogP contribution in [0, 0.1) is 11.3 Å². The van der Waals surface area contributed by atoms with Crippen molar-refractivity contribution in [2.24, 2.45) is 0 Å². The number of rotatable bonds is 2. The number of fused-ring (bicyclic) bond motifs is 1. The Hall–Kier alpha value is -2.26. The first-order valence-electron chi connectivity index (χ1n) is 6.61. The summed E-state index contributed by atoms with van der Waals surface area (Å²) < 4.78 is 11.8. The summed E-state index contributed by atoms with van der Waals surface area (Å²) in [4.78, 5) is 16.6. The number of methoxy groups -OCH3 is 1. The summed E-state index contributed by atoms with van der Waals surface area (Å²) in [6.07, 6.45) is 1.11. The molecule has 0 aliphatic heterocycles. The average molecular weight is 322 g/mol. The molecule has 0 amide bonds. The first-order valence-corrected chi connectivity index (χ1v) is 6.99. The van der Waals surface area contributed by atoms with Crippen molar-refractivity contribution < 1.29 is 14.3 Å². The number of nitrogens with zero attached hydrogens (tertiary/aromatic N) is 3. The van der Waals surface area contributed by atoms with Crippen molar-refractivity contribution >= 4 is 28.7 Å². The third-order valence-corrected chi connectivity index (χ3v) is 3.10. The zero-order valence-electron chi connectivity index (χ0n) is 12.8. The van der Waals surface area contributed by atoms with E-state index in [9.17, 15) is 4.79 Å². The van der Waals surface area contributed by atoms with Crippen molar-refractivity contribution in [3.05, 3.63) is 22.8 Å². The number of nitriles is 1. The molecule has 0 saturated carbocycles. The molecular formula is C15H16ClN3O3. The maximum Gasteiger partial charge on any atom is 0.419 e. The molecule has 0 bridgehead atoms. The highest BCUT2D eigenvalue weighted by molar-refractivity contribution is 6.32. The number of pyridine rings is 1. The number of ether oxygens (including phenoxy) is 2. The van der Waals surface area contributed by atoms with Crippen LogP contribution in [0.5, 0.6) is 5.88 Å². The molecule has 0 aliphatic rings. The van der Waals surface area contributed by atoms with E-state index in [0.717, 1.165) is 0 Å². The van der Waals surface area contributed by atoms with Crippen LogP contribution in [0.25, 0.3) is 11.0 Å². The fraction of sp³-hybridized carbons (Fsp3) is 0.400. The largest absolute Gasteiger partial charge is 0.480 e. The van der Waals surface area contributed by atoms with Crippen molar-refractivity contribution in [1.82, 2.24) is 9.55 Å². The lowest BCUT2D eigenvalue weighted by molar-refractivity contribution is 0.0544. The molecule has 0 fully saturated rings.